The summed E-state index contributed by atoms with van der Waals surface area (Å²) >= 11 is 0. The second-order valence-electron chi connectivity index (χ2n) is 3.05. The van der Waals surface area contributed by atoms with Crippen LogP contribution in [0.3, 0.4) is 0 Å². The predicted molar refractivity (Wildman–Crippen MR) is 55.2 cm³/mol. The predicted octanol–water partition coefficient (Wildman–Crippen LogP) is -0.0224. The van der Waals surface area contributed by atoms with Crippen molar-refractivity contribution in [3.63, 3.8) is 0 Å². The third kappa shape index (κ3) is 3.80. The van der Waals surface area contributed by atoms with Crippen molar-refractivity contribution >= 4 is 18.3 Å². The quantitative estimate of drug-likeness (QED) is 0.511. The van der Waals surface area contributed by atoms with E-state index in [-0.39, 0.29) is 5.91 Å². The largest absolute Gasteiger partial charge is 0.359 e. The number of aromatic nitrogens is 2. The Balaban J connectivity index is 2.42. The SMILES string of the molecule is CC(=O)Nc1nccn1CCCNC=O. The van der Waals surface area contributed by atoms with Gasteiger partial charge < -0.3 is 9.88 Å². The first kappa shape index (κ1) is 11.2. The van der Waals surface area contributed by atoms with Gasteiger partial charge >= 0.3 is 0 Å². The maximum atomic E-state index is 10.8. The van der Waals surface area contributed by atoms with Crippen molar-refractivity contribution in [1.29, 1.82) is 0 Å². The molecule has 0 aromatic carbocycles. The molecule has 1 aromatic heterocycles. The molecule has 1 rings (SSSR count). The molecule has 15 heavy (non-hydrogen) atoms. The molecule has 0 spiro atoms. The molecule has 0 bridgehead atoms. The maximum Gasteiger partial charge on any atom is 0.223 e. The fourth-order valence-electron chi connectivity index (χ4n) is 1.18. The van der Waals surface area contributed by atoms with E-state index in [2.05, 4.69) is 15.6 Å². The van der Waals surface area contributed by atoms with Gasteiger partial charge in [0.25, 0.3) is 0 Å². The van der Waals surface area contributed by atoms with Crippen LogP contribution in [0.5, 0.6) is 0 Å². The second-order valence-corrected chi connectivity index (χ2v) is 3.05. The molecule has 6 heteroatoms. The van der Waals surface area contributed by atoms with Gasteiger partial charge in [-0.15, -0.1) is 0 Å². The summed E-state index contributed by atoms with van der Waals surface area (Å²) in [6.07, 6.45) is 4.87. The molecule has 0 saturated carbocycles. The Morgan fingerprint density at radius 1 is 1.67 bits per heavy atom. The number of carbonyl (C=O) groups excluding carboxylic acids is 2. The van der Waals surface area contributed by atoms with Gasteiger partial charge in [0.1, 0.15) is 0 Å². The number of rotatable bonds is 6. The van der Waals surface area contributed by atoms with Crippen LogP contribution >= 0.6 is 0 Å². The lowest BCUT2D eigenvalue weighted by atomic mass is 10.4. The molecule has 0 radical (unpaired) electrons. The van der Waals surface area contributed by atoms with Crippen molar-refractivity contribution < 1.29 is 9.59 Å². The van der Waals surface area contributed by atoms with Crippen molar-refractivity contribution in [1.82, 2.24) is 14.9 Å². The Hall–Kier alpha value is -1.85. The van der Waals surface area contributed by atoms with Crippen LogP contribution in [0.1, 0.15) is 13.3 Å². The molecule has 0 aliphatic rings. The topological polar surface area (TPSA) is 76.0 Å². The summed E-state index contributed by atoms with van der Waals surface area (Å²) in [7, 11) is 0. The van der Waals surface area contributed by atoms with Crippen LogP contribution in [0.2, 0.25) is 0 Å². The number of aryl methyl sites for hydroxylation is 1. The lowest BCUT2D eigenvalue weighted by molar-refractivity contribution is -0.114. The van der Waals surface area contributed by atoms with E-state index in [9.17, 15) is 9.59 Å². The lowest BCUT2D eigenvalue weighted by Gasteiger charge is -2.06. The maximum absolute atomic E-state index is 10.8. The molecular weight excluding hydrogens is 196 g/mol. The molecule has 0 aliphatic heterocycles. The van der Waals surface area contributed by atoms with Gasteiger partial charge in [0.2, 0.25) is 18.3 Å². The Bertz CT molecular complexity index is 335. The van der Waals surface area contributed by atoms with Gasteiger partial charge in [-0.2, -0.15) is 0 Å². The normalized spacial score (nSPS) is 9.67. The highest BCUT2D eigenvalue weighted by Crippen LogP contribution is 2.04. The van der Waals surface area contributed by atoms with Gasteiger partial charge in [0.05, 0.1) is 0 Å². The minimum Gasteiger partial charge on any atom is -0.359 e. The molecule has 0 atom stereocenters. The smallest absolute Gasteiger partial charge is 0.223 e. The molecule has 6 nitrogen and oxygen atoms in total. The highest BCUT2D eigenvalue weighted by atomic mass is 16.1. The molecule has 0 saturated heterocycles. The summed E-state index contributed by atoms with van der Waals surface area (Å²) in [6.45, 7) is 2.75. The molecule has 2 amide bonds. The average molecular weight is 210 g/mol. The monoisotopic (exact) mass is 210 g/mol. The molecule has 0 aliphatic carbocycles. The molecular formula is C9H14N4O2. The van der Waals surface area contributed by atoms with E-state index in [0.29, 0.717) is 25.4 Å². The summed E-state index contributed by atoms with van der Waals surface area (Å²) in [6, 6.07) is 0. The first-order valence-electron chi connectivity index (χ1n) is 4.70. The fourth-order valence-corrected chi connectivity index (χ4v) is 1.18. The summed E-state index contributed by atoms with van der Waals surface area (Å²) in [5, 5.41) is 5.19. The van der Waals surface area contributed by atoms with Crippen LogP contribution in [0.15, 0.2) is 12.4 Å². The standard InChI is InChI=1S/C9H14N4O2/c1-8(15)12-9-11-4-6-13(9)5-2-3-10-7-14/h4,6-7H,2-3,5H2,1H3,(H,10,14)(H,11,12,15). The number of hydrogen-bond acceptors (Lipinski definition) is 3. The van der Waals surface area contributed by atoms with Crippen molar-refractivity contribution in [2.75, 3.05) is 11.9 Å². The van der Waals surface area contributed by atoms with Crippen LogP contribution < -0.4 is 10.6 Å². The minimum atomic E-state index is -0.145. The number of nitrogens with one attached hydrogen (secondary N) is 2. The summed E-state index contributed by atoms with van der Waals surface area (Å²) in [5.41, 5.74) is 0. The molecule has 82 valence electrons. The zero-order chi connectivity index (χ0) is 11.1. The lowest BCUT2D eigenvalue weighted by Crippen LogP contribution is -2.16. The van der Waals surface area contributed by atoms with E-state index < -0.39 is 0 Å². The van der Waals surface area contributed by atoms with E-state index in [1.165, 1.54) is 6.92 Å². The van der Waals surface area contributed by atoms with Crippen molar-refractivity contribution in [3.05, 3.63) is 12.4 Å². The molecule has 0 fully saturated rings. The third-order valence-electron chi connectivity index (χ3n) is 1.81. The zero-order valence-corrected chi connectivity index (χ0v) is 8.56. The Morgan fingerprint density at radius 2 is 2.47 bits per heavy atom. The average Bonchev–Trinajstić information content (AvgIpc) is 2.59. The van der Waals surface area contributed by atoms with E-state index in [1.807, 2.05) is 4.57 Å². The first-order chi connectivity index (χ1) is 7.24. The third-order valence-corrected chi connectivity index (χ3v) is 1.81. The van der Waals surface area contributed by atoms with Gasteiger partial charge in [-0.05, 0) is 6.42 Å². The summed E-state index contributed by atoms with van der Waals surface area (Å²) < 4.78 is 1.83. The van der Waals surface area contributed by atoms with Crippen LogP contribution in [0.4, 0.5) is 5.95 Å². The van der Waals surface area contributed by atoms with E-state index in [0.717, 1.165) is 6.42 Å². The van der Waals surface area contributed by atoms with Crippen molar-refractivity contribution in [2.45, 2.75) is 19.9 Å². The summed E-state index contributed by atoms with van der Waals surface area (Å²) in [5.74, 6) is 0.391. The van der Waals surface area contributed by atoms with Gasteiger partial charge in [-0.25, -0.2) is 4.98 Å². The van der Waals surface area contributed by atoms with Crippen LogP contribution in [0.25, 0.3) is 0 Å². The fraction of sp³-hybridized carbons (Fsp3) is 0.444. The van der Waals surface area contributed by atoms with Crippen molar-refractivity contribution in [3.8, 4) is 0 Å². The molecule has 0 unspecified atom stereocenters. The van der Waals surface area contributed by atoms with Crippen molar-refractivity contribution in [2.24, 2.45) is 0 Å². The highest BCUT2D eigenvalue weighted by Gasteiger charge is 2.02. The molecule has 2 N–H and O–H groups in total. The van der Waals surface area contributed by atoms with Crippen LogP contribution in [-0.2, 0) is 16.1 Å². The van der Waals surface area contributed by atoms with E-state index in [1.54, 1.807) is 12.4 Å². The van der Waals surface area contributed by atoms with E-state index >= 15 is 0 Å². The highest BCUT2D eigenvalue weighted by molar-refractivity contribution is 5.86. The number of anilines is 1. The van der Waals surface area contributed by atoms with Gasteiger partial charge in [-0.3, -0.25) is 14.9 Å². The van der Waals surface area contributed by atoms with Gasteiger partial charge in [0.15, 0.2) is 0 Å². The Morgan fingerprint density at radius 3 is 3.13 bits per heavy atom. The van der Waals surface area contributed by atoms with Gasteiger partial charge in [0, 0.05) is 32.4 Å². The number of carbonyl (C=O) groups is 2. The second kappa shape index (κ2) is 5.79. The molecule has 1 aromatic rings. The van der Waals surface area contributed by atoms with E-state index in [4.69, 9.17) is 0 Å². The Kier molecular flexibility index (Phi) is 4.33. The number of imidazole rings is 1. The van der Waals surface area contributed by atoms with Crippen LogP contribution in [-0.4, -0.2) is 28.4 Å². The van der Waals surface area contributed by atoms with Crippen LogP contribution in [0, 0.1) is 0 Å². The minimum absolute atomic E-state index is 0.145. The Labute approximate surface area is 87.7 Å². The zero-order valence-electron chi connectivity index (χ0n) is 8.56. The number of nitrogens with zero attached hydrogens (tertiary/aromatic N) is 2. The molecule has 1 heterocycles. The van der Waals surface area contributed by atoms with Gasteiger partial charge in [-0.1, -0.05) is 0 Å². The number of amides is 2. The number of hydrogen-bond donors (Lipinski definition) is 2. The first-order valence-corrected chi connectivity index (χ1v) is 4.70. The summed E-state index contributed by atoms with van der Waals surface area (Å²) in [4.78, 5) is 24.8.